The molecule has 96 valence electrons. The van der Waals surface area contributed by atoms with Crippen LogP contribution in [0.25, 0.3) is 0 Å². The van der Waals surface area contributed by atoms with E-state index < -0.39 is 0 Å². The van der Waals surface area contributed by atoms with Crippen molar-refractivity contribution in [3.63, 3.8) is 0 Å². The van der Waals surface area contributed by atoms with Gasteiger partial charge in [0.2, 0.25) is 5.91 Å². The van der Waals surface area contributed by atoms with Crippen molar-refractivity contribution in [2.24, 2.45) is 10.7 Å². The van der Waals surface area contributed by atoms with Crippen molar-refractivity contribution in [1.82, 2.24) is 5.32 Å². The first kappa shape index (κ1) is 12.7. The Balaban J connectivity index is 1.67. The van der Waals surface area contributed by atoms with Crippen molar-refractivity contribution in [2.75, 3.05) is 12.3 Å². The lowest BCUT2D eigenvalue weighted by atomic mass is 10.0. The Morgan fingerprint density at radius 2 is 2.18 bits per heavy atom. The van der Waals surface area contributed by atoms with Crippen LogP contribution in [-0.4, -0.2) is 28.9 Å². The normalized spacial score (nSPS) is 24.4. The molecule has 1 saturated carbocycles. The minimum Gasteiger partial charge on any atom is -0.370 e. The molecular weight excluding hydrogens is 234 g/mol. The third kappa shape index (κ3) is 3.63. The van der Waals surface area contributed by atoms with Crippen LogP contribution in [0.4, 0.5) is 0 Å². The zero-order valence-corrected chi connectivity index (χ0v) is 11.0. The highest BCUT2D eigenvalue weighted by atomic mass is 32.2. The van der Waals surface area contributed by atoms with Gasteiger partial charge in [-0.3, -0.25) is 9.79 Å². The largest absolute Gasteiger partial charge is 0.370 e. The molecule has 1 spiro atoms. The second-order valence-electron chi connectivity index (χ2n) is 5.01. The van der Waals surface area contributed by atoms with Crippen LogP contribution < -0.4 is 11.1 Å². The number of rotatable bonds is 5. The molecule has 0 unspecified atom stereocenters. The number of hydrogen-bond acceptors (Lipinski definition) is 3. The van der Waals surface area contributed by atoms with Crippen LogP contribution in [0.2, 0.25) is 0 Å². The molecule has 0 aromatic heterocycles. The smallest absolute Gasteiger partial charge is 0.217 e. The molecule has 2 fully saturated rings. The number of amidine groups is 1. The van der Waals surface area contributed by atoms with Gasteiger partial charge < -0.3 is 11.1 Å². The molecule has 2 rings (SSSR count). The summed E-state index contributed by atoms with van der Waals surface area (Å²) >= 11 is 1.85. The summed E-state index contributed by atoms with van der Waals surface area (Å²) in [5, 5.41) is 4.69. The van der Waals surface area contributed by atoms with E-state index >= 15 is 0 Å². The number of amides is 1. The Kier molecular flexibility index (Phi) is 4.31. The van der Waals surface area contributed by atoms with Crippen LogP contribution >= 0.6 is 11.8 Å². The Labute approximate surface area is 107 Å². The standard InChI is InChI=1S/C12H21N3OS/c13-10(16)5-1-4-8-14-11-15-12(9-17-11)6-2-3-7-12/h1-9H2,(H2,13,16)(H,14,15). The number of carbonyl (C=O) groups is 1. The molecule has 1 aliphatic carbocycles. The van der Waals surface area contributed by atoms with Gasteiger partial charge in [-0.25, -0.2) is 0 Å². The maximum atomic E-state index is 10.6. The Hall–Kier alpha value is -0.710. The fraction of sp³-hybridized carbons (Fsp3) is 0.833. The second kappa shape index (κ2) is 5.76. The molecule has 1 aliphatic heterocycles. The number of unbranched alkanes of at least 4 members (excludes halogenated alkanes) is 1. The Morgan fingerprint density at radius 3 is 2.88 bits per heavy atom. The summed E-state index contributed by atoms with van der Waals surface area (Å²) in [6.07, 6.45) is 7.55. The zero-order valence-electron chi connectivity index (χ0n) is 10.2. The SMILES string of the molecule is NC(=O)CCCCN=C1NC2(CCCC2)CS1. The summed E-state index contributed by atoms with van der Waals surface area (Å²) in [5.41, 5.74) is 5.44. The Bertz CT molecular complexity index is 311. The van der Waals surface area contributed by atoms with Gasteiger partial charge in [-0.15, -0.1) is 0 Å². The summed E-state index contributed by atoms with van der Waals surface area (Å²) in [4.78, 5) is 15.1. The number of nitrogens with two attached hydrogens (primary N) is 1. The molecular formula is C12H21N3OS. The molecule has 0 radical (unpaired) electrons. The van der Waals surface area contributed by atoms with E-state index in [-0.39, 0.29) is 5.91 Å². The average Bonchev–Trinajstić information content (AvgIpc) is 2.89. The first-order valence-corrected chi connectivity index (χ1v) is 7.43. The van der Waals surface area contributed by atoms with Gasteiger partial charge in [0, 0.05) is 24.3 Å². The Morgan fingerprint density at radius 1 is 1.41 bits per heavy atom. The van der Waals surface area contributed by atoms with Gasteiger partial charge in [-0.05, 0) is 25.7 Å². The van der Waals surface area contributed by atoms with Crippen molar-refractivity contribution in [3.05, 3.63) is 0 Å². The number of thioether (sulfide) groups is 1. The maximum Gasteiger partial charge on any atom is 0.217 e. The van der Waals surface area contributed by atoms with E-state index in [0.29, 0.717) is 12.0 Å². The minimum absolute atomic E-state index is 0.212. The molecule has 2 aliphatic rings. The lowest BCUT2D eigenvalue weighted by molar-refractivity contribution is -0.118. The summed E-state index contributed by atoms with van der Waals surface area (Å²) in [6, 6.07) is 0. The second-order valence-corrected chi connectivity index (χ2v) is 5.98. The fourth-order valence-corrected chi connectivity index (χ4v) is 3.75. The number of carbonyl (C=O) groups excluding carboxylic acids is 1. The molecule has 1 amide bonds. The average molecular weight is 255 g/mol. The van der Waals surface area contributed by atoms with Gasteiger partial charge in [-0.1, -0.05) is 24.6 Å². The van der Waals surface area contributed by atoms with E-state index in [1.54, 1.807) is 0 Å². The fourth-order valence-electron chi connectivity index (χ4n) is 2.50. The third-order valence-electron chi connectivity index (χ3n) is 3.50. The molecule has 0 aromatic rings. The van der Waals surface area contributed by atoms with Crippen LogP contribution in [-0.2, 0) is 4.79 Å². The molecule has 4 nitrogen and oxygen atoms in total. The van der Waals surface area contributed by atoms with E-state index in [0.717, 1.165) is 24.6 Å². The van der Waals surface area contributed by atoms with E-state index in [1.807, 2.05) is 11.8 Å². The van der Waals surface area contributed by atoms with Crippen LogP contribution in [0, 0.1) is 0 Å². The highest BCUT2D eigenvalue weighted by molar-refractivity contribution is 8.14. The van der Waals surface area contributed by atoms with E-state index in [9.17, 15) is 4.79 Å². The van der Waals surface area contributed by atoms with Gasteiger partial charge >= 0.3 is 0 Å². The topological polar surface area (TPSA) is 67.5 Å². The summed E-state index contributed by atoms with van der Waals surface area (Å²) in [7, 11) is 0. The van der Waals surface area contributed by atoms with Gasteiger partial charge in [0.15, 0.2) is 5.17 Å². The number of aliphatic imine (C=N–C) groups is 1. The van der Waals surface area contributed by atoms with Crippen molar-refractivity contribution < 1.29 is 4.79 Å². The predicted octanol–water partition coefficient (Wildman–Crippen LogP) is 1.65. The molecule has 0 aromatic carbocycles. The minimum atomic E-state index is -0.212. The molecule has 0 bridgehead atoms. The van der Waals surface area contributed by atoms with Crippen molar-refractivity contribution in [3.8, 4) is 0 Å². The molecule has 0 atom stereocenters. The first-order chi connectivity index (χ1) is 8.20. The third-order valence-corrected chi connectivity index (χ3v) is 4.71. The first-order valence-electron chi connectivity index (χ1n) is 6.44. The van der Waals surface area contributed by atoms with Gasteiger partial charge in [0.1, 0.15) is 0 Å². The molecule has 1 saturated heterocycles. The molecule has 3 N–H and O–H groups in total. The van der Waals surface area contributed by atoms with E-state index in [1.165, 1.54) is 31.4 Å². The van der Waals surface area contributed by atoms with Crippen LogP contribution in [0.3, 0.4) is 0 Å². The summed E-state index contributed by atoms with van der Waals surface area (Å²) in [6.45, 7) is 0.804. The van der Waals surface area contributed by atoms with Gasteiger partial charge in [0.05, 0.1) is 0 Å². The lowest BCUT2D eigenvalue weighted by Gasteiger charge is -2.21. The van der Waals surface area contributed by atoms with E-state index in [4.69, 9.17) is 5.73 Å². The van der Waals surface area contributed by atoms with Crippen LogP contribution in [0.1, 0.15) is 44.9 Å². The molecule has 5 heteroatoms. The summed E-state index contributed by atoms with van der Waals surface area (Å²) in [5.74, 6) is 0.962. The zero-order chi connectivity index (χ0) is 12.1. The molecule has 1 heterocycles. The predicted molar refractivity (Wildman–Crippen MR) is 72.1 cm³/mol. The number of nitrogens with zero attached hydrogens (tertiary/aromatic N) is 1. The van der Waals surface area contributed by atoms with Crippen molar-refractivity contribution in [1.29, 1.82) is 0 Å². The monoisotopic (exact) mass is 255 g/mol. The highest BCUT2D eigenvalue weighted by Gasteiger charge is 2.39. The van der Waals surface area contributed by atoms with Crippen LogP contribution in [0.15, 0.2) is 4.99 Å². The lowest BCUT2D eigenvalue weighted by Crippen LogP contribution is -2.40. The van der Waals surface area contributed by atoms with Gasteiger partial charge in [-0.2, -0.15) is 0 Å². The van der Waals surface area contributed by atoms with E-state index in [2.05, 4.69) is 10.3 Å². The highest BCUT2D eigenvalue weighted by Crippen LogP contribution is 2.37. The number of hydrogen-bond donors (Lipinski definition) is 2. The van der Waals surface area contributed by atoms with Crippen molar-refractivity contribution >= 4 is 22.8 Å². The van der Waals surface area contributed by atoms with Crippen molar-refractivity contribution in [2.45, 2.75) is 50.5 Å². The number of nitrogens with one attached hydrogen (secondary N) is 1. The number of primary amides is 1. The quantitative estimate of drug-likeness (QED) is 0.734. The van der Waals surface area contributed by atoms with Gasteiger partial charge in [0.25, 0.3) is 0 Å². The van der Waals surface area contributed by atoms with Crippen LogP contribution in [0.5, 0.6) is 0 Å². The maximum absolute atomic E-state index is 10.6. The molecule has 17 heavy (non-hydrogen) atoms. The summed E-state index contributed by atoms with van der Waals surface area (Å²) < 4.78 is 0.